The Labute approximate surface area is 171 Å². The van der Waals surface area contributed by atoms with Gasteiger partial charge < -0.3 is 10.1 Å². The number of morpholine rings is 1. The van der Waals surface area contributed by atoms with Gasteiger partial charge in [-0.3, -0.25) is 4.79 Å². The predicted octanol–water partition coefficient (Wildman–Crippen LogP) is 3.24. The minimum Gasteiger partial charge on any atom is -0.379 e. The number of sulfonamides is 1. The van der Waals surface area contributed by atoms with E-state index in [9.17, 15) is 13.2 Å². The summed E-state index contributed by atoms with van der Waals surface area (Å²) in [6.45, 7) is 1.51. The number of allylic oxidation sites excluding steroid dienone is 5. The normalized spacial score (nSPS) is 23.8. The maximum Gasteiger partial charge on any atom is 0.256 e. The van der Waals surface area contributed by atoms with Crippen LogP contribution < -0.4 is 5.32 Å². The zero-order valence-electron chi connectivity index (χ0n) is 16.2. The molecule has 0 aromatic heterocycles. The summed E-state index contributed by atoms with van der Waals surface area (Å²) in [6, 6.07) is 4.89. The van der Waals surface area contributed by atoms with Gasteiger partial charge in [-0.1, -0.05) is 11.6 Å². The largest absolute Gasteiger partial charge is 0.379 e. The van der Waals surface area contributed by atoms with Crippen molar-refractivity contribution in [2.24, 2.45) is 0 Å². The molecule has 0 bridgehead atoms. The molecule has 1 amide bonds. The van der Waals surface area contributed by atoms with Gasteiger partial charge in [-0.05, 0) is 67.5 Å². The number of fused-ring (bicyclic) bond motifs is 1. The zero-order valence-corrected chi connectivity index (χ0v) is 17.1. The first-order valence-electron chi connectivity index (χ1n) is 10.2. The Balaban J connectivity index is 1.47. The first-order valence-corrected chi connectivity index (χ1v) is 11.6. The van der Waals surface area contributed by atoms with E-state index in [0.717, 1.165) is 24.8 Å². The van der Waals surface area contributed by atoms with Gasteiger partial charge in [0.1, 0.15) is 0 Å². The van der Waals surface area contributed by atoms with Crippen LogP contribution in [0.4, 0.5) is 5.69 Å². The molecule has 0 saturated carbocycles. The van der Waals surface area contributed by atoms with E-state index >= 15 is 0 Å². The van der Waals surface area contributed by atoms with Crippen molar-refractivity contribution in [2.75, 3.05) is 31.6 Å². The smallest absolute Gasteiger partial charge is 0.256 e. The van der Waals surface area contributed by atoms with Crippen molar-refractivity contribution < 1.29 is 17.9 Å². The Bertz CT molecular complexity index is 1080. The summed E-state index contributed by atoms with van der Waals surface area (Å²) in [5.41, 5.74) is 5.92. The van der Waals surface area contributed by atoms with Crippen LogP contribution in [0.25, 0.3) is 5.57 Å². The van der Waals surface area contributed by atoms with Crippen LogP contribution in [0.2, 0.25) is 0 Å². The Hall–Kier alpha value is -2.22. The molecule has 1 aromatic carbocycles. The molecule has 4 aliphatic rings. The second-order valence-electron chi connectivity index (χ2n) is 7.97. The molecule has 1 aromatic rings. The van der Waals surface area contributed by atoms with E-state index in [-0.39, 0.29) is 10.8 Å². The lowest BCUT2D eigenvalue weighted by Gasteiger charge is -2.26. The monoisotopic (exact) mass is 412 g/mol. The molecule has 2 aliphatic carbocycles. The van der Waals surface area contributed by atoms with Gasteiger partial charge in [0.05, 0.1) is 18.1 Å². The lowest BCUT2D eigenvalue weighted by Crippen LogP contribution is -2.40. The highest BCUT2D eigenvalue weighted by Crippen LogP contribution is 2.40. The zero-order chi connectivity index (χ0) is 20.0. The molecule has 1 N–H and O–H groups in total. The topological polar surface area (TPSA) is 75.7 Å². The van der Waals surface area contributed by atoms with Crippen molar-refractivity contribution in [1.29, 1.82) is 0 Å². The first kappa shape index (κ1) is 18.8. The molecule has 0 radical (unpaired) electrons. The van der Waals surface area contributed by atoms with E-state index in [2.05, 4.69) is 11.4 Å². The van der Waals surface area contributed by atoms with Crippen molar-refractivity contribution in [2.45, 2.75) is 37.0 Å². The van der Waals surface area contributed by atoms with Crippen molar-refractivity contribution in [3.63, 3.8) is 0 Å². The molecule has 5 rings (SSSR count). The Morgan fingerprint density at radius 1 is 1.10 bits per heavy atom. The van der Waals surface area contributed by atoms with Gasteiger partial charge in [0.15, 0.2) is 0 Å². The fraction of sp³-hybridized carbons (Fsp3) is 0.409. The summed E-state index contributed by atoms with van der Waals surface area (Å²) in [4.78, 5) is 12.8. The summed E-state index contributed by atoms with van der Waals surface area (Å²) in [6.07, 6.45) is 9.77. The average Bonchev–Trinajstić information content (AvgIpc) is 3.28. The highest BCUT2D eigenvalue weighted by Gasteiger charge is 2.31. The van der Waals surface area contributed by atoms with Crippen molar-refractivity contribution in [1.82, 2.24) is 4.31 Å². The summed E-state index contributed by atoms with van der Waals surface area (Å²) in [5.74, 6) is -0.174. The van der Waals surface area contributed by atoms with Gasteiger partial charge in [-0.15, -0.1) is 0 Å². The molecule has 0 unspecified atom stereocenters. The van der Waals surface area contributed by atoms with Crippen LogP contribution in [-0.4, -0.2) is 44.9 Å². The lowest BCUT2D eigenvalue weighted by molar-refractivity contribution is -0.110. The second kappa shape index (κ2) is 7.23. The Kier molecular flexibility index (Phi) is 4.69. The average molecular weight is 413 g/mol. The highest BCUT2D eigenvalue weighted by molar-refractivity contribution is 7.89. The van der Waals surface area contributed by atoms with Crippen molar-refractivity contribution in [3.8, 4) is 0 Å². The van der Waals surface area contributed by atoms with E-state index in [0.29, 0.717) is 43.1 Å². The molecule has 6 nitrogen and oxygen atoms in total. The molecule has 0 atom stereocenters. The van der Waals surface area contributed by atoms with Gasteiger partial charge in [-0.2, -0.15) is 4.31 Å². The number of ether oxygens (including phenoxy) is 1. The number of nitrogens with zero attached hydrogens (tertiary/aromatic N) is 1. The molecule has 1 fully saturated rings. The van der Waals surface area contributed by atoms with Crippen LogP contribution in [0, 0.1) is 0 Å². The number of carbonyl (C=O) groups excluding carboxylic acids is 1. The van der Waals surface area contributed by atoms with Crippen LogP contribution in [0.5, 0.6) is 0 Å². The molecule has 1 saturated heterocycles. The number of carbonyl (C=O) groups is 1. The number of hydrogen-bond donors (Lipinski definition) is 1. The van der Waals surface area contributed by atoms with Crippen molar-refractivity contribution >= 4 is 27.2 Å². The molecule has 7 heteroatoms. The minimum absolute atomic E-state index is 0.174. The number of anilines is 1. The summed E-state index contributed by atoms with van der Waals surface area (Å²) < 4.78 is 32.8. The van der Waals surface area contributed by atoms with E-state index < -0.39 is 10.0 Å². The third-order valence-electron chi connectivity index (χ3n) is 6.12. The maximum absolute atomic E-state index is 13.0. The van der Waals surface area contributed by atoms with Crippen LogP contribution in [-0.2, 0) is 19.6 Å². The quantitative estimate of drug-likeness (QED) is 0.774. The van der Waals surface area contributed by atoms with Gasteiger partial charge in [0.25, 0.3) is 5.91 Å². The number of rotatable bonds is 3. The molecule has 29 heavy (non-hydrogen) atoms. The molecular weight excluding hydrogens is 388 g/mol. The second-order valence-corrected chi connectivity index (χ2v) is 9.91. The summed E-state index contributed by atoms with van der Waals surface area (Å²) >= 11 is 0. The molecule has 152 valence electrons. The summed E-state index contributed by atoms with van der Waals surface area (Å²) in [7, 11) is -3.60. The number of benzene rings is 1. The standard InChI is InChI=1S/C22H24N2O4S/c25-22-20(13-15-11-16-3-1-2-4-17(16)12-15)19-14-18(5-6-21(19)23-22)29(26,27)24-7-9-28-10-8-24/h5-6,11,13-14H,1-4,7-10,12H2,(H,23,25). The van der Waals surface area contributed by atoms with Crippen LogP contribution in [0.1, 0.15) is 37.7 Å². The molecule has 2 aliphatic heterocycles. The van der Waals surface area contributed by atoms with Crippen LogP contribution >= 0.6 is 0 Å². The number of nitrogens with one attached hydrogen (secondary N) is 1. The predicted molar refractivity (Wildman–Crippen MR) is 111 cm³/mol. The van der Waals surface area contributed by atoms with Gasteiger partial charge in [0, 0.05) is 29.9 Å². The highest BCUT2D eigenvalue weighted by atomic mass is 32.2. The van der Waals surface area contributed by atoms with E-state index in [4.69, 9.17) is 4.74 Å². The molecule has 2 heterocycles. The lowest BCUT2D eigenvalue weighted by atomic mass is 9.93. The van der Waals surface area contributed by atoms with E-state index in [1.54, 1.807) is 18.2 Å². The number of amides is 1. The third kappa shape index (κ3) is 3.37. The fourth-order valence-electron chi connectivity index (χ4n) is 4.57. The SMILES string of the molecule is O=C1Nc2ccc(S(=O)(=O)N3CCOCC3)cc2C1=CC1=CC2=C(CCCC2)C1. The van der Waals surface area contributed by atoms with Gasteiger partial charge >= 0.3 is 0 Å². The Morgan fingerprint density at radius 3 is 2.69 bits per heavy atom. The maximum atomic E-state index is 13.0. The van der Waals surface area contributed by atoms with E-state index in [1.807, 2.05) is 6.08 Å². The first-order chi connectivity index (χ1) is 14.0. The van der Waals surface area contributed by atoms with Gasteiger partial charge in [0.2, 0.25) is 10.0 Å². The molecular formula is C22H24N2O4S. The van der Waals surface area contributed by atoms with E-state index in [1.165, 1.54) is 28.3 Å². The van der Waals surface area contributed by atoms with Crippen LogP contribution in [0.3, 0.4) is 0 Å². The molecule has 0 spiro atoms. The van der Waals surface area contributed by atoms with Gasteiger partial charge in [-0.25, -0.2) is 8.42 Å². The number of hydrogen-bond acceptors (Lipinski definition) is 4. The van der Waals surface area contributed by atoms with Crippen molar-refractivity contribution in [3.05, 3.63) is 52.6 Å². The fourth-order valence-corrected chi connectivity index (χ4v) is 6.01. The Morgan fingerprint density at radius 2 is 1.90 bits per heavy atom. The summed E-state index contributed by atoms with van der Waals surface area (Å²) in [5, 5.41) is 2.87. The third-order valence-corrected chi connectivity index (χ3v) is 8.01. The minimum atomic E-state index is -3.60. The van der Waals surface area contributed by atoms with Crippen LogP contribution in [0.15, 0.2) is 52.0 Å².